The van der Waals surface area contributed by atoms with Crippen LogP contribution in [0.3, 0.4) is 0 Å². The smallest absolute Gasteiger partial charge is 0.0500 e. The summed E-state index contributed by atoms with van der Waals surface area (Å²) >= 11 is 0. The Balaban J connectivity index is 1.15. The Labute approximate surface area is 379 Å². The molecule has 1 heterocycles. The van der Waals surface area contributed by atoms with E-state index in [0.29, 0.717) is 6.04 Å². The lowest BCUT2D eigenvalue weighted by Crippen LogP contribution is -2.27. The number of fused-ring (bicyclic) bond motifs is 3. The van der Waals surface area contributed by atoms with Gasteiger partial charge in [0, 0.05) is 22.3 Å². The normalized spacial score (nSPS) is 12.7. The first kappa shape index (κ1) is 41.1. The van der Waals surface area contributed by atoms with E-state index in [1.54, 1.807) is 0 Å². The second-order valence-electron chi connectivity index (χ2n) is 19.0. The minimum Gasteiger partial charge on any atom is -0.337 e. The van der Waals surface area contributed by atoms with Gasteiger partial charge in [-0.2, -0.15) is 0 Å². The fourth-order valence-corrected chi connectivity index (χ4v) is 15.2. The monoisotopic (exact) mass is 851 g/mol. The summed E-state index contributed by atoms with van der Waals surface area (Å²) in [6.45, 7) is 2.07. The molecule has 0 unspecified atom stereocenters. The Morgan fingerprint density at radius 2 is 0.812 bits per heavy atom. The number of hydrogen-bond donors (Lipinski definition) is 0. The van der Waals surface area contributed by atoms with Crippen LogP contribution in [0.1, 0.15) is 110 Å². The van der Waals surface area contributed by atoms with Crippen molar-refractivity contribution in [1.29, 1.82) is 0 Å². The van der Waals surface area contributed by atoms with E-state index >= 15 is 0 Å². The van der Waals surface area contributed by atoms with Crippen LogP contribution in [0.15, 0.2) is 152 Å². The first-order valence-corrected chi connectivity index (χ1v) is 26.7. The van der Waals surface area contributed by atoms with E-state index in [1.807, 2.05) is 0 Å². The number of para-hydroxylation sites is 1. The third-order valence-corrected chi connectivity index (χ3v) is 18.7. The van der Waals surface area contributed by atoms with Crippen molar-refractivity contribution in [2.24, 2.45) is 0 Å². The summed E-state index contributed by atoms with van der Waals surface area (Å²) in [5, 5.41) is 22.8. The summed E-state index contributed by atoms with van der Waals surface area (Å²) in [4.78, 5) is 0. The number of aromatic nitrogens is 1. The molecule has 2 heteroatoms. The van der Waals surface area contributed by atoms with Crippen LogP contribution >= 0.6 is 6.89 Å². The lowest BCUT2D eigenvalue weighted by atomic mass is 9.94. The highest BCUT2D eigenvalue weighted by atomic mass is 31.2. The van der Waals surface area contributed by atoms with Crippen molar-refractivity contribution >= 4 is 116 Å². The van der Waals surface area contributed by atoms with Crippen molar-refractivity contribution in [3.8, 4) is 0 Å². The van der Waals surface area contributed by atoms with Gasteiger partial charge in [0.15, 0.2) is 0 Å². The van der Waals surface area contributed by atoms with Crippen molar-refractivity contribution in [2.75, 3.05) is 0 Å². The number of rotatable bonds is 18. The minimum atomic E-state index is -2.58. The molecule has 1 aromatic heterocycles. The summed E-state index contributed by atoms with van der Waals surface area (Å²) in [5.41, 5.74) is 2.76. The summed E-state index contributed by atoms with van der Waals surface area (Å²) in [7, 11) is 0. The number of hydrogen-bond acceptors (Lipinski definition) is 0. The highest BCUT2D eigenvalue weighted by Crippen LogP contribution is 2.50. The largest absolute Gasteiger partial charge is 0.337 e. The Morgan fingerprint density at radius 3 is 1.34 bits per heavy atom. The standard InChI is InChI=1S/C62H62NP/c1-4-6-8-10-12-14-24-49(25-15-13-11-9-7-5-2)63-55-27-17-16-26-51(55)52-39-36-50(42-56(52)63)64(3,57-40-34-47-30-28-43-20-18-22-45-32-37-53(57)61(47)59(43)45)58-41-35-48-31-29-44-21-19-23-46-33-38-54(58)62(48)60(44)46/h16-23,26-42,49H,3-15,24-25H2,1-2H3. The molecule has 0 saturated carbocycles. The third-order valence-electron chi connectivity index (χ3n) is 15.1. The highest BCUT2D eigenvalue weighted by Gasteiger charge is 2.30. The fourth-order valence-electron chi connectivity index (χ4n) is 11.9. The van der Waals surface area contributed by atoms with Crippen LogP contribution in [0.4, 0.5) is 0 Å². The molecule has 10 aromatic carbocycles. The zero-order valence-corrected chi connectivity index (χ0v) is 38.9. The lowest BCUT2D eigenvalue weighted by molar-refractivity contribution is 0.410. The van der Waals surface area contributed by atoms with Gasteiger partial charge in [-0.25, -0.2) is 0 Å². The molecule has 0 aliphatic heterocycles. The fraction of sp³-hybridized carbons (Fsp3) is 0.274. The first-order chi connectivity index (χ1) is 31.6. The number of unbranched alkanes of at least 4 members (excludes halogenated alkanes) is 10. The van der Waals surface area contributed by atoms with Gasteiger partial charge < -0.3 is 4.57 Å². The maximum Gasteiger partial charge on any atom is 0.0500 e. The SMILES string of the molecule is C=P(c1ccc2c3ccccc3n(C(CCCCCCCC)CCCCCCCC)c2c1)(c1ccc2ccc3cccc4ccc1c2c34)c1ccc2ccc3cccc4ccc1c2c34. The van der Waals surface area contributed by atoms with Crippen molar-refractivity contribution < 1.29 is 0 Å². The van der Waals surface area contributed by atoms with Crippen LogP contribution in [0.25, 0.3) is 86.4 Å². The predicted octanol–water partition coefficient (Wildman–Crippen LogP) is 17.4. The van der Waals surface area contributed by atoms with Crippen LogP contribution in [-0.4, -0.2) is 10.9 Å². The highest BCUT2D eigenvalue weighted by molar-refractivity contribution is 7.94. The number of nitrogens with zero attached hydrogens (tertiary/aromatic N) is 1. The van der Waals surface area contributed by atoms with Gasteiger partial charge in [0.05, 0.1) is 5.52 Å². The van der Waals surface area contributed by atoms with Crippen LogP contribution in [0.2, 0.25) is 0 Å². The van der Waals surface area contributed by atoms with E-state index in [9.17, 15) is 0 Å². The molecular weight excluding hydrogens is 790 g/mol. The van der Waals surface area contributed by atoms with Gasteiger partial charge in [-0.3, -0.25) is 0 Å². The average Bonchev–Trinajstić information content (AvgIpc) is 3.67. The van der Waals surface area contributed by atoms with E-state index in [4.69, 9.17) is 6.30 Å². The van der Waals surface area contributed by atoms with E-state index < -0.39 is 6.89 Å². The second kappa shape index (κ2) is 17.4. The van der Waals surface area contributed by atoms with Crippen LogP contribution in [0.5, 0.6) is 0 Å². The topological polar surface area (TPSA) is 4.93 Å². The Bertz CT molecular complexity index is 3280. The summed E-state index contributed by atoms with van der Waals surface area (Å²) in [5.74, 6) is 0. The maximum atomic E-state index is 5.65. The molecule has 0 amide bonds. The van der Waals surface area contributed by atoms with Crippen molar-refractivity contribution in [2.45, 2.75) is 110 Å². The van der Waals surface area contributed by atoms with Gasteiger partial charge in [-0.15, -0.1) is 0 Å². The summed E-state index contributed by atoms with van der Waals surface area (Å²) < 4.78 is 2.81. The molecule has 0 aliphatic rings. The predicted molar refractivity (Wildman–Crippen MR) is 288 cm³/mol. The minimum absolute atomic E-state index is 0.455. The average molecular weight is 852 g/mol. The molecule has 320 valence electrons. The third kappa shape index (κ3) is 6.89. The Morgan fingerprint density at radius 1 is 0.391 bits per heavy atom. The summed E-state index contributed by atoms with van der Waals surface area (Å²) in [6.07, 6.45) is 24.1. The molecule has 0 fully saturated rings. The van der Waals surface area contributed by atoms with Crippen LogP contribution in [0, 0.1) is 0 Å². The molecule has 0 saturated heterocycles. The molecule has 0 bridgehead atoms. The van der Waals surface area contributed by atoms with Gasteiger partial charge in [0.2, 0.25) is 0 Å². The molecule has 11 rings (SSSR count). The van der Waals surface area contributed by atoms with Gasteiger partial charge in [-0.05, 0) is 112 Å². The number of benzene rings is 10. The van der Waals surface area contributed by atoms with Crippen molar-refractivity contribution in [3.63, 3.8) is 0 Å². The molecule has 11 aromatic rings. The molecule has 0 aliphatic carbocycles. The van der Waals surface area contributed by atoms with Gasteiger partial charge in [-0.1, -0.05) is 237 Å². The maximum absolute atomic E-state index is 5.65. The van der Waals surface area contributed by atoms with Gasteiger partial charge in [0.25, 0.3) is 0 Å². The van der Waals surface area contributed by atoms with Crippen molar-refractivity contribution in [3.05, 3.63) is 152 Å². The van der Waals surface area contributed by atoms with Crippen LogP contribution < -0.4 is 15.9 Å². The van der Waals surface area contributed by atoms with E-state index in [1.165, 1.54) is 192 Å². The quantitative estimate of drug-likeness (QED) is 0.0460. The molecular formula is C62H62NP. The molecule has 0 spiro atoms. The molecule has 0 N–H and O–H groups in total. The van der Waals surface area contributed by atoms with Crippen molar-refractivity contribution in [1.82, 2.24) is 4.57 Å². The molecule has 1 nitrogen and oxygen atoms in total. The zero-order chi connectivity index (χ0) is 43.2. The lowest BCUT2D eigenvalue weighted by Gasteiger charge is -2.31. The second-order valence-corrected chi connectivity index (χ2v) is 22.1. The zero-order valence-electron chi connectivity index (χ0n) is 38.0. The van der Waals surface area contributed by atoms with Crippen LogP contribution in [-0.2, 0) is 0 Å². The van der Waals surface area contributed by atoms with E-state index in [-0.39, 0.29) is 0 Å². The molecule has 0 radical (unpaired) electrons. The van der Waals surface area contributed by atoms with E-state index in [0.717, 1.165) is 0 Å². The first-order valence-electron chi connectivity index (χ1n) is 24.7. The summed E-state index contributed by atoms with van der Waals surface area (Å²) in [6, 6.07) is 59.3. The molecule has 0 atom stereocenters. The van der Waals surface area contributed by atoms with E-state index in [2.05, 4.69) is 170 Å². The van der Waals surface area contributed by atoms with Gasteiger partial charge in [0.1, 0.15) is 0 Å². The Hall–Kier alpha value is -5.62. The van der Waals surface area contributed by atoms with Gasteiger partial charge >= 0.3 is 0 Å². The molecule has 64 heavy (non-hydrogen) atoms. The Kier molecular flexibility index (Phi) is 11.2.